The molecule has 0 fully saturated rings. The second kappa shape index (κ2) is 8.02. The second-order valence-corrected chi connectivity index (χ2v) is 8.47. The van der Waals surface area contributed by atoms with E-state index in [1.54, 1.807) is 32.2 Å². The number of hydrogen-bond donors (Lipinski definition) is 1. The van der Waals surface area contributed by atoms with Gasteiger partial charge in [0.25, 0.3) is 0 Å². The lowest BCUT2D eigenvalue weighted by Gasteiger charge is -2.22. The molecule has 2 aromatic carbocycles. The average Bonchev–Trinajstić information content (AvgIpc) is 3.13. The summed E-state index contributed by atoms with van der Waals surface area (Å²) in [4.78, 5) is 12.2. The van der Waals surface area contributed by atoms with Crippen LogP contribution in [0.15, 0.2) is 53.6 Å². The first-order valence-corrected chi connectivity index (χ1v) is 10.6. The number of para-hydroxylation sites is 1. The summed E-state index contributed by atoms with van der Waals surface area (Å²) in [5.41, 5.74) is 2.82. The summed E-state index contributed by atoms with van der Waals surface area (Å²) >= 11 is 0. The van der Waals surface area contributed by atoms with Gasteiger partial charge in [-0.1, -0.05) is 30.3 Å². The van der Waals surface area contributed by atoms with Gasteiger partial charge in [0.15, 0.2) is 0 Å². The van der Waals surface area contributed by atoms with E-state index >= 15 is 0 Å². The molecule has 7 nitrogen and oxygen atoms in total. The van der Waals surface area contributed by atoms with Gasteiger partial charge in [-0.05, 0) is 30.7 Å². The Hall–Kier alpha value is -2.87. The van der Waals surface area contributed by atoms with Crippen LogP contribution in [0, 0.1) is 0 Å². The predicted molar refractivity (Wildman–Crippen MR) is 109 cm³/mol. The second-order valence-electron chi connectivity index (χ2n) is 6.46. The largest absolute Gasteiger partial charge is 0.496 e. The van der Waals surface area contributed by atoms with E-state index in [0.717, 1.165) is 11.1 Å². The van der Waals surface area contributed by atoms with Crippen LogP contribution in [-0.4, -0.2) is 37.9 Å². The molecule has 0 spiro atoms. The lowest BCUT2D eigenvalue weighted by Crippen LogP contribution is -2.24. The molecule has 1 unspecified atom stereocenters. The maximum absolute atomic E-state index is 12.2. The minimum atomic E-state index is -3.37. The van der Waals surface area contributed by atoms with E-state index in [1.165, 1.54) is 11.9 Å². The van der Waals surface area contributed by atoms with Gasteiger partial charge in [0.2, 0.25) is 15.9 Å². The fourth-order valence-corrected chi connectivity index (χ4v) is 3.80. The van der Waals surface area contributed by atoms with Gasteiger partial charge >= 0.3 is 0 Å². The van der Waals surface area contributed by atoms with Gasteiger partial charge in [0, 0.05) is 24.6 Å². The topological polar surface area (TPSA) is 88.1 Å². The summed E-state index contributed by atoms with van der Waals surface area (Å²) in [6.07, 6.45) is 0.504. The molecule has 1 atom stereocenters. The Balaban J connectivity index is 1.94. The van der Waals surface area contributed by atoms with Crippen molar-refractivity contribution in [2.75, 3.05) is 17.6 Å². The van der Waals surface area contributed by atoms with Crippen molar-refractivity contribution in [1.82, 2.24) is 5.01 Å². The van der Waals surface area contributed by atoms with Gasteiger partial charge in [-0.25, -0.2) is 13.4 Å². The standard InChI is InChI=1S/C20H23N3O4S/c1-4-28(25,26)22-16-9-7-8-15(12-16)18-13-19(23(21-18)14(2)24)17-10-5-6-11-20(17)27-3/h5-12,19,22H,4,13H2,1-3H3. The maximum atomic E-state index is 12.2. The summed E-state index contributed by atoms with van der Waals surface area (Å²) in [6.45, 7) is 3.05. The summed E-state index contributed by atoms with van der Waals surface area (Å²) in [7, 11) is -1.78. The normalized spacial score (nSPS) is 16.6. The predicted octanol–water partition coefficient (Wildman–Crippen LogP) is 3.15. The van der Waals surface area contributed by atoms with E-state index < -0.39 is 10.0 Å². The van der Waals surface area contributed by atoms with E-state index in [0.29, 0.717) is 23.6 Å². The Kier molecular flexibility index (Phi) is 5.69. The Labute approximate surface area is 165 Å². The third kappa shape index (κ3) is 4.17. The van der Waals surface area contributed by atoms with Crippen molar-refractivity contribution in [3.05, 3.63) is 59.7 Å². The van der Waals surface area contributed by atoms with Crippen molar-refractivity contribution in [2.24, 2.45) is 5.10 Å². The average molecular weight is 401 g/mol. The van der Waals surface area contributed by atoms with Crippen molar-refractivity contribution < 1.29 is 17.9 Å². The van der Waals surface area contributed by atoms with Crippen molar-refractivity contribution >= 4 is 27.3 Å². The molecular weight excluding hydrogens is 378 g/mol. The lowest BCUT2D eigenvalue weighted by molar-refractivity contribution is -0.130. The molecule has 28 heavy (non-hydrogen) atoms. The van der Waals surface area contributed by atoms with Crippen LogP contribution in [0.25, 0.3) is 0 Å². The Morgan fingerprint density at radius 2 is 2.00 bits per heavy atom. The molecule has 1 aliphatic heterocycles. The zero-order chi connectivity index (χ0) is 20.3. The van der Waals surface area contributed by atoms with Crippen LogP contribution in [0.4, 0.5) is 5.69 Å². The fraction of sp³-hybridized carbons (Fsp3) is 0.300. The molecule has 3 rings (SSSR count). The van der Waals surface area contributed by atoms with Crippen LogP contribution in [-0.2, 0) is 14.8 Å². The van der Waals surface area contributed by atoms with Gasteiger partial charge < -0.3 is 4.74 Å². The number of nitrogens with one attached hydrogen (secondary N) is 1. The maximum Gasteiger partial charge on any atom is 0.240 e. The first kappa shape index (κ1) is 19.9. The molecule has 148 valence electrons. The number of nitrogens with zero attached hydrogens (tertiary/aromatic N) is 2. The summed E-state index contributed by atoms with van der Waals surface area (Å²) in [5.74, 6) is 0.514. The highest BCUT2D eigenvalue weighted by molar-refractivity contribution is 7.92. The number of hydrazone groups is 1. The van der Waals surface area contributed by atoms with E-state index in [4.69, 9.17) is 4.74 Å². The van der Waals surface area contributed by atoms with Crippen LogP contribution < -0.4 is 9.46 Å². The summed E-state index contributed by atoms with van der Waals surface area (Å²) < 4.78 is 31.7. The molecule has 0 saturated heterocycles. The minimum absolute atomic E-state index is 0.00777. The van der Waals surface area contributed by atoms with Gasteiger partial charge in [0.1, 0.15) is 5.75 Å². The third-order valence-corrected chi connectivity index (χ3v) is 5.89. The van der Waals surface area contributed by atoms with E-state index in [9.17, 15) is 13.2 Å². The molecule has 0 radical (unpaired) electrons. The molecule has 0 aromatic heterocycles. The molecule has 0 bridgehead atoms. The first-order valence-electron chi connectivity index (χ1n) is 8.95. The lowest BCUT2D eigenvalue weighted by atomic mass is 9.97. The number of ether oxygens (including phenoxy) is 1. The number of rotatable bonds is 6. The number of anilines is 1. The Bertz CT molecular complexity index is 1020. The smallest absolute Gasteiger partial charge is 0.240 e. The first-order chi connectivity index (χ1) is 13.3. The monoisotopic (exact) mass is 401 g/mol. The molecule has 1 amide bonds. The molecule has 1 N–H and O–H groups in total. The summed E-state index contributed by atoms with van der Waals surface area (Å²) in [5, 5.41) is 5.97. The molecule has 8 heteroatoms. The number of methoxy groups -OCH3 is 1. The Morgan fingerprint density at radius 1 is 1.25 bits per heavy atom. The van der Waals surface area contributed by atoms with Crippen LogP contribution >= 0.6 is 0 Å². The molecule has 0 aliphatic carbocycles. The fourth-order valence-electron chi connectivity index (χ4n) is 3.17. The molecule has 0 saturated carbocycles. The van der Waals surface area contributed by atoms with E-state index in [-0.39, 0.29) is 17.7 Å². The van der Waals surface area contributed by atoms with Crippen LogP contribution in [0.1, 0.15) is 37.4 Å². The van der Waals surface area contributed by atoms with Gasteiger partial charge in [-0.15, -0.1) is 0 Å². The zero-order valence-corrected chi connectivity index (χ0v) is 16.9. The van der Waals surface area contributed by atoms with Gasteiger partial charge in [-0.2, -0.15) is 5.10 Å². The number of benzene rings is 2. The molecule has 2 aromatic rings. The Morgan fingerprint density at radius 3 is 2.68 bits per heavy atom. The number of hydrogen-bond acceptors (Lipinski definition) is 5. The summed E-state index contributed by atoms with van der Waals surface area (Å²) in [6, 6.07) is 14.3. The van der Waals surface area contributed by atoms with Crippen molar-refractivity contribution in [3.63, 3.8) is 0 Å². The molecular formula is C20H23N3O4S. The van der Waals surface area contributed by atoms with Gasteiger partial charge in [-0.3, -0.25) is 9.52 Å². The van der Waals surface area contributed by atoms with Gasteiger partial charge in [0.05, 0.1) is 24.6 Å². The van der Waals surface area contributed by atoms with Crippen molar-refractivity contribution in [2.45, 2.75) is 26.3 Å². The quantitative estimate of drug-likeness (QED) is 0.805. The highest BCUT2D eigenvalue weighted by Crippen LogP contribution is 2.37. The highest BCUT2D eigenvalue weighted by atomic mass is 32.2. The molecule has 1 aliphatic rings. The minimum Gasteiger partial charge on any atom is -0.496 e. The zero-order valence-electron chi connectivity index (χ0n) is 16.0. The van der Waals surface area contributed by atoms with Crippen LogP contribution in [0.2, 0.25) is 0 Å². The van der Waals surface area contributed by atoms with Crippen LogP contribution in [0.3, 0.4) is 0 Å². The number of carbonyl (C=O) groups is 1. The van der Waals surface area contributed by atoms with Crippen molar-refractivity contribution in [1.29, 1.82) is 0 Å². The molecule has 1 heterocycles. The third-order valence-electron chi connectivity index (χ3n) is 4.58. The SMILES string of the molecule is CCS(=O)(=O)Nc1cccc(C2=NN(C(C)=O)C(c3ccccc3OC)C2)c1. The van der Waals surface area contributed by atoms with E-state index in [2.05, 4.69) is 9.82 Å². The number of carbonyl (C=O) groups excluding carboxylic acids is 1. The number of sulfonamides is 1. The van der Waals surface area contributed by atoms with E-state index in [1.807, 2.05) is 30.3 Å². The highest BCUT2D eigenvalue weighted by Gasteiger charge is 2.33. The van der Waals surface area contributed by atoms with Crippen molar-refractivity contribution in [3.8, 4) is 5.75 Å². The number of amides is 1. The van der Waals surface area contributed by atoms with Crippen LogP contribution in [0.5, 0.6) is 5.75 Å².